The van der Waals surface area contributed by atoms with Crippen molar-refractivity contribution in [1.29, 1.82) is 0 Å². The highest BCUT2D eigenvalue weighted by Gasteiger charge is 2.52. The molecular weight excluding hydrogens is 465 g/mol. The van der Waals surface area contributed by atoms with Crippen molar-refractivity contribution in [2.45, 2.75) is 19.6 Å². The summed E-state index contributed by atoms with van der Waals surface area (Å²) in [7, 11) is 0. The van der Waals surface area contributed by atoms with Crippen molar-refractivity contribution in [1.82, 2.24) is 24.7 Å². The Morgan fingerprint density at radius 3 is 2.43 bits per heavy atom. The van der Waals surface area contributed by atoms with Crippen LogP contribution in [0.5, 0.6) is 0 Å². The molecule has 0 aliphatic carbocycles. The van der Waals surface area contributed by atoms with Gasteiger partial charge in [-0.25, -0.2) is 32.8 Å². The number of hydrogen-bond donors (Lipinski definition) is 3. The molecule has 1 amide bonds. The summed E-state index contributed by atoms with van der Waals surface area (Å²) in [6.07, 6.45) is 0.110. The zero-order chi connectivity index (χ0) is 25.1. The zero-order valence-corrected chi connectivity index (χ0v) is 18.3. The quantitative estimate of drug-likeness (QED) is 0.388. The van der Waals surface area contributed by atoms with Crippen molar-refractivity contribution >= 4 is 28.6 Å². The maximum absolute atomic E-state index is 14.3. The van der Waals surface area contributed by atoms with Crippen LogP contribution in [0.25, 0.3) is 22.6 Å². The van der Waals surface area contributed by atoms with Crippen LogP contribution in [0.2, 0.25) is 0 Å². The molecule has 4 aromatic rings. The van der Waals surface area contributed by atoms with E-state index in [1.54, 1.807) is 6.92 Å². The number of carbonyl (C=O) groups excluding carboxylic acids is 1. The third-order valence-electron chi connectivity index (χ3n) is 6.09. The van der Waals surface area contributed by atoms with Crippen LogP contribution in [-0.2, 0) is 16.1 Å². The number of hydrogen-bond acceptors (Lipinski definition) is 8. The molecule has 1 aliphatic rings. The van der Waals surface area contributed by atoms with Crippen LogP contribution in [-0.4, -0.2) is 37.2 Å². The predicted octanol–water partition coefficient (Wildman–Crippen LogP) is 2.08. The number of nitrogens with zero attached hydrogens (tertiary/aromatic N) is 5. The number of benzene rings is 1. The van der Waals surface area contributed by atoms with Gasteiger partial charge in [-0.2, -0.15) is 5.10 Å². The smallest absolute Gasteiger partial charge is 0.228 e. The third-order valence-corrected chi connectivity index (χ3v) is 6.09. The number of amides is 1. The van der Waals surface area contributed by atoms with Gasteiger partial charge in [0.2, 0.25) is 5.91 Å². The Labute approximate surface area is 195 Å². The fourth-order valence-corrected chi connectivity index (χ4v) is 4.04. The molecule has 2 unspecified atom stereocenters. The lowest BCUT2D eigenvalue weighted by atomic mass is 9.76. The molecule has 4 heterocycles. The summed E-state index contributed by atoms with van der Waals surface area (Å²) in [5, 5.41) is 4.51. The Kier molecular flexibility index (Phi) is 5.09. The fourth-order valence-electron chi connectivity index (χ4n) is 4.04. The molecule has 3 aromatic heterocycles. The van der Waals surface area contributed by atoms with E-state index in [9.17, 15) is 18.0 Å². The van der Waals surface area contributed by atoms with Crippen molar-refractivity contribution in [3.63, 3.8) is 0 Å². The molecule has 1 saturated heterocycles. The summed E-state index contributed by atoms with van der Waals surface area (Å²) in [6, 6.07) is 4.61. The van der Waals surface area contributed by atoms with Gasteiger partial charge in [0, 0.05) is 5.56 Å². The molecule has 6 N–H and O–H groups in total. The van der Waals surface area contributed by atoms with Crippen LogP contribution < -0.4 is 17.2 Å². The number of fused-ring (bicyclic) bond motifs is 1. The number of nitrogens with two attached hydrogens (primary N) is 3. The van der Waals surface area contributed by atoms with Gasteiger partial charge < -0.3 is 21.9 Å². The number of anilines is 2. The predicted molar refractivity (Wildman–Crippen MR) is 119 cm³/mol. The molecule has 180 valence electrons. The van der Waals surface area contributed by atoms with E-state index in [-0.39, 0.29) is 58.5 Å². The highest BCUT2D eigenvalue weighted by atomic mass is 19.1. The van der Waals surface area contributed by atoms with E-state index >= 15 is 0 Å². The van der Waals surface area contributed by atoms with Gasteiger partial charge in [-0.3, -0.25) is 4.79 Å². The van der Waals surface area contributed by atoms with E-state index in [1.807, 2.05) is 0 Å². The van der Waals surface area contributed by atoms with Gasteiger partial charge in [0.05, 0.1) is 35.7 Å². The molecule has 5 rings (SSSR count). The van der Waals surface area contributed by atoms with Gasteiger partial charge in [0.25, 0.3) is 0 Å². The maximum atomic E-state index is 14.3. The first kappa shape index (κ1) is 22.5. The molecule has 35 heavy (non-hydrogen) atoms. The normalized spacial score (nSPS) is 19.6. The Hall–Kier alpha value is -4.26. The van der Waals surface area contributed by atoms with Gasteiger partial charge in [0.1, 0.15) is 40.9 Å². The van der Waals surface area contributed by atoms with Crippen molar-refractivity contribution in [2.75, 3.05) is 18.1 Å². The second-order valence-corrected chi connectivity index (χ2v) is 8.44. The number of pyridine rings is 1. The molecule has 1 aliphatic heterocycles. The summed E-state index contributed by atoms with van der Waals surface area (Å²) >= 11 is 0. The van der Waals surface area contributed by atoms with Crippen molar-refractivity contribution in [3.8, 4) is 11.5 Å². The summed E-state index contributed by atoms with van der Waals surface area (Å²) in [5.41, 5.74) is 16.9. The number of nitrogen functional groups attached to an aromatic ring is 2. The van der Waals surface area contributed by atoms with Gasteiger partial charge in [-0.05, 0) is 25.1 Å². The van der Waals surface area contributed by atoms with Crippen LogP contribution in [0.15, 0.2) is 30.5 Å². The molecule has 0 spiro atoms. The minimum atomic E-state index is -1.04. The van der Waals surface area contributed by atoms with E-state index in [1.165, 1.54) is 10.7 Å². The van der Waals surface area contributed by atoms with Gasteiger partial charge in [-0.15, -0.1) is 0 Å². The number of halogens is 3. The van der Waals surface area contributed by atoms with Crippen LogP contribution in [0.3, 0.4) is 0 Å². The average molecular weight is 484 g/mol. The highest BCUT2D eigenvalue weighted by Crippen LogP contribution is 2.49. The molecule has 10 nitrogen and oxygen atoms in total. The van der Waals surface area contributed by atoms with E-state index in [2.05, 4.69) is 20.1 Å². The molecule has 13 heteroatoms. The molecular formula is C22H19F3N8O2. The van der Waals surface area contributed by atoms with Gasteiger partial charge in [0.15, 0.2) is 11.5 Å². The first-order valence-electron chi connectivity index (χ1n) is 10.4. The minimum absolute atomic E-state index is 0.0425. The Balaban J connectivity index is 1.63. The van der Waals surface area contributed by atoms with E-state index in [0.717, 1.165) is 24.4 Å². The minimum Gasteiger partial charge on any atom is -0.383 e. The van der Waals surface area contributed by atoms with Crippen molar-refractivity contribution in [2.24, 2.45) is 11.1 Å². The number of rotatable bonds is 5. The summed E-state index contributed by atoms with van der Waals surface area (Å²) in [4.78, 5) is 24.4. The van der Waals surface area contributed by atoms with Gasteiger partial charge >= 0.3 is 0 Å². The standard InChI is InChI=1S/C22H19F3N8O2/c1-22(21(28)34)8-35-16(22)14-17(26)30-19(31-18(14)27)15-10-5-9(23)6-29-20(10)33(32-15)7-11-12(24)3-2-4-13(11)25/h2-6,16H,7-8H2,1H3,(H2,28,34)(H4,26,27,30,31). The summed E-state index contributed by atoms with van der Waals surface area (Å²) < 4.78 is 49.3. The maximum Gasteiger partial charge on any atom is 0.228 e. The van der Waals surface area contributed by atoms with Crippen LogP contribution in [0.4, 0.5) is 24.8 Å². The van der Waals surface area contributed by atoms with E-state index in [0.29, 0.717) is 0 Å². The van der Waals surface area contributed by atoms with E-state index in [4.69, 9.17) is 21.9 Å². The Morgan fingerprint density at radius 1 is 1.20 bits per heavy atom. The highest BCUT2D eigenvalue weighted by molar-refractivity contribution is 5.90. The van der Waals surface area contributed by atoms with Crippen LogP contribution in [0, 0.1) is 22.9 Å². The second-order valence-electron chi connectivity index (χ2n) is 8.44. The van der Waals surface area contributed by atoms with Crippen molar-refractivity contribution in [3.05, 3.63) is 59.0 Å². The Morgan fingerprint density at radius 2 is 1.86 bits per heavy atom. The largest absolute Gasteiger partial charge is 0.383 e. The SMILES string of the molecule is CC1(C(N)=O)COC1c1c(N)nc(-c2nn(Cc3c(F)cccc3F)c3ncc(F)cc23)nc1N. The van der Waals surface area contributed by atoms with Crippen molar-refractivity contribution < 1.29 is 22.7 Å². The molecule has 0 saturated carbocycles. The number of carbonyl (C=O) groups is 1. The second kappa shape index (κ2) is 7.91. The topological polar surface area (TPSA) is 161 Å². The number of ether oxygens (including phenoxy) is 1. The first-order valence-corrected chi connectivity index (χ1v) is 10.4. The molecule has 1 fully saturated rings. The zero-order valence-electron chi connectivity index (χ0n) is 18.3. The number of aromatic nitrogens is 5. The average Bonchev–Trinajstić information content (AvgIpc) is 3.14. The number of primary amides is 1. The molecule has 1 aromatic carbocycles. The molecule has 2 atom stereocenters. The lowest BCUT2D eigenvalue weighted by Gasteiger charge is -2.44. The summed E-state index contributed by atoms with van der Waals surface area (Å²) in [5.74, 6) is -3.06. The summed E-state index contributed by atoms with van der Waals surface area (Å²) in [6.45, 7) is 1.37. The van der Waals surface area contributed by atoms with Gasteiger partial charge in [-0.1, -0.05) is 6.07 Å². The van der Waals surface area contributed by atoms with Crippen LogP contribution >= 0.6 is 0 Å². The third kappa shape index (κ3) is 3.51. The lowest BCUT2D eigenvalue weighted by molar-refractivity contribution is -0.189. The van der Waals surface area contributed by atoms with E-state index < -0.39 is 34.9 Å². The lowest BCUT2D eigenvalue weighted by Crippen LogP contribution is -2.52. The molecule has 0 radical (unpaired) electrons. The first-order chi connectivity index (χ1) is 16.6. The van der Waals surface area contributed by atoms with Crippen LogP contribution in [0.1, 0.15) is 24.2 Å². The fraction of sp³-hybridized carbons (Fsp3) is 0.227. The molecule has 0 bridgehead atoms. The monoisotopic (exact) mass is 484 g/mol. The Bertz CT molecular complexity index is 1460.